The van der Waals surface area contributed by atoms with Crippen LogP contribution < -0.4 is 10.3 Å². The number of aromatic nitrogens is 3. The van der Waals surface area contributed by atoms with E-state index in [1.165, 1.54) is 28.6 Å². The van der Waals surface area contributed by atoms with Crippen molar-refractivity contribution in [1.29, 1.82) is 0 Å². The summed E-state index contributed by atoms with van der Waals surface area (Å²) < 4.78 is 12.9. The Morgan fingerprint density at radius 3 is 2.97 bits per heavy atom. The number of aryl methyl sites for hydroxylation is 2. The zero-order chi connectivity index (χ0) is 21.5. The fourth-order valence-electron chi connectivity index (χ4n) is 4.01. The number of rotatable bonds is 6. The fraction of sp³-hybridized carbons (Fsp3) is 0.348. The van der Waals surface area contributed by atoms with Gasteiger partial charge in [-0.25, -0.2) is 9.97 Å². The van der Waals surface area contributed by atoms with Crippen LogP contribution in [-0.2, 0) is 25.1 Å². The maximum atomic E-state index is 13.5. The molecule has 1 aliphatic carbocycles. The van der Waals surface area contributed by atoms with Crippen LogP contribution in [0.1, 0.15) is 36.1 Å². The van der Waals surface area contributed by atoms with Crippen LogP contribution in [0.5, 0.6) is 5.75 Å². The number of methoxy groups -OCH3 is 1. The zero-order valence-electron chi connectivity index (χ0n) is 17.6. The number of thiophene rings is 1. The first-order valence-electron chi connectivity index (χ1n) is 10.3. The van der Waals surface area contributed by atoms with Crippen molar-refractivity contribution in [3.8, 4) is 5.75 Å². The molecule has 3 heterocycles. The number of ether oxygens (including phenoxy) is 1. The second kappa shape index (κ2) is 8.16. The normalized spacial score (nSPS) is 13.6. The van der Waals surface area contributed by atoms with Gasteiger partial charge >= 0.3 is 0 Å². The number of nitrogens with zero attached hydrogens (tertiary/aromatic N) is 3. The Hall–Kier alpha value is -2.58. The molecule has 3 aromatic heterocycles. The maximum absolute atomic E-state index is 13.5. The first-order valence-corrected chi connectivity index (χ1v) is 12.1. The van der Waals surface area contributed by atoms with Gasteiger partial charge < -0.3 is 9.15 Å². The van der Waals surface area contributed by atoms with E-state index in [0.29, 0.717) is 28.9 Å². The highest BCUT2D eigenvalue weighted by atomic mass is 32.2. The number of hydrogen-bond acceptors (Lipinski definition) is 7. The molecule has 0 atom stereocenters. The molecule has 5 rings (SSSR count). The number of benzene rings is 1. The van der Waals surface area contributed by atoms with E-state index in [2.05, 4.69) is 11.6 Å². The molecule has 160 valence electrons. The molecule has 0 saturated heterocycles. The summed E-state index contributed by atoms with van der Waals surface area (Å²) in [7, 11) is 1.63. The molecule has 0 spiro atoms. The fourth-order valence-corrected chi connectivity index (χ4v) is 6.15. The smallest absolute Gasteiger partial charge is 0.263 e. The van der Waals surface area contributed by atoms with Gasteiger partial charge in [0.25, 0.3) is 5.56 Å². The van der Waals surface area contributed by atoms with Crippen LogP contribution in [0.3, 0.4) is 0 Å². The van der Waals surface area contributed by atoms with Crippen molar-refractivity contribution in [3.63, 3.8) is 0 Å². The molecule has 0 radical (unpaired) electrons. The summed E-state index contributed by atoms with van der Waals surface area (Å²) in [5.41, 5.74) is 3.64. The van der Waals surface area contributed by atoms with Gasteiger partial charge in [0, 0.05) is 17.5 Å². The predicted octanol–water partition coefficient (Wildman–Crippen LogP) is 5.36. The van der Waals surface area contributed by atoms with Crippen molar-refractivity contribution in [2.45, 2.75) is 50.1 Å². The molecule has 0 unspecified atom stereocenters. The molecule has 31 heavy (non-hydrogen) atoms. The van der Waals surface area contributed by atoms with Gasteiger partial charge in [-0.05, 0) is 50.3 Å². The lowest BCUT2D eigenvalue weighted by atomic mass is 9.97. The summed E-state index contributed by atoms with van der Waals surface area (Å²) >= 11 is 3.14. The Morgan fingerprint density at radius 2 is 2.16 bits per heavy atom. The van der Waals surface area contributed by atoms with Crippen LogP contribution >= 0.6 is 23.1 Å². The lowest BCUT2D eigenvalue weighted by molar-refractivity contribution is 0.415. The van der Waals surface area contributed by atoms with Crippen molar-refractivity contribution in [2.75, 3.05) is 7.11 Å². The summed E-state index contributed by atoms with van der Waals surface area (Å²) in [5, 5.41) is 1.48. The van der Waals surface area contributed by atoms with Gasteiger partial charge in [-0.1, -0.05) is 23.9 Å². The summed E-state index contributed by atoms with van der Waals surface area (Å²) in [4.78, 5) is 25.1. The quantitative estimate of drug-likeness (QED) is 0.222. The van der Waals surface area contributed by atoms with Gasteiger partial charge in [-0.15, -0.1) is 11.3 Å². The monoisotopic (exact) mass is 453 g/mol. The lowest BCUT2D eigenvalue weighted by Crippen LogP contribution is -2.24. The first-order chi connectivity index (χ1) is 15.0. The molecule has 6 nitrogen and oxygen atoms in total. The molecular formula is C23H23N3O3S2. The average Bonchev–Trinajstić information content (AvgIpc) is 3.34. The van der Waals surface area contributed by atoms with Gasteiger partial charge in [0.05, 0.1) is 18.2 Å². The third-order valence-electron chi connectivity index (χ3n) is 5.43. The molecule has 0 N–H and O–H groups in total. The van der Waals surface area contributed by atoms with E-state index >= 15 is 0 Å². The highest BCUT2D eigenvalue weighted by molar-refractivity contribution is 7.98. The van der Waals surface area contributed by atoms with Crippen molar-refractivity contribution in [3.05, 3.63) is 57.0 Å². The first kappa shape index (κ1) is 20.3. The lowest BCUT2D eigenvalue weighted by Gasteiger charge is -2.13. The van der Waals surface area contributed by atoms with Crippen LogP contribution in [0.2, 0.25) is 0 Å². The largest absolute Gasteiger partial charge is 0.497 e. The van der Waals surface area contributed by atoms with Gasteiger partial charge in [0.15, 0.2) is 10.7 Å². The Bertz CT molecular complexity index is 1370. The highest BCUT2D eigenvalue weighted by Gasteiger charge is 2.22. The van der Waals surface area contributed by atoms with Crippen LogP contribution in [0.4, 0.5) is 0 Å². The minimum Gasteiger partial charge on any atom is -0.497 e. The summed E-state index contributed by atoms with van der Waals surface area (Å²) in [5.74, 6) is 1.81. The van der Waals surface area contributed by atoms with Crippen LogP contribution in [-0.4, -0.2) is 21.6 Å². The molecule has 4 aromatic rings. The Morgan fingerprint density at radius 1 is 1.32 bits per heavy atom. The molecule has 0 amide bonds. The number of oxazole rings is 1. The van der Waals surface area contributed by atoms with Gasteiger partial charge in [0.2, 0.25) is 5.89 Å². The van der Waals surface area contributed by atoms with E-state index in [1.54, 1.807) is 23.0 Å². The van der Waals surface area contributed by atoms with Gasteiger partial charge in [0.1, 0.15) is 16.1 Å². The predicted molar refractivity (Wildman–Crippen MR) is 125 cm³/mol. The molecule has 1 aromatic carbocycles. The number of thioether (sulfide) groups is 1. The number of fused-ring (bicyclic) bond motifs is 4. The van der Waals surface area contributed by atoms with Gasteiger partial charge in [-0.3, -0.25) is 9.36 Å². The van der Waals surface area contributed by atoms with E-state index in [9.17, 15) is 4.79 Å². The standard InChI is InChI=1S/C23H23N3O3S2/c1-13(2)11-26-22(27)20-15-6-4-5-7-18(15)31-21(20)25-23(26)30-12-19-24-16-10-14(28-3)8-9-17(16)29-19/h8-10H,1,4-7,11-12H2,2-3H3. The molecule has 8 heteroatoms. The molecule has 1 aliphatic rings. The Kier molecular flexibility index (Phi) is 5.35. The van der Waals surface area contributed by atoms with Crippen LogP contribution in [0.15, 0.2) is 44.7 Å². The van der Waals surface area contributed by atoms with E-state index in [-0.39, 0.29) is 5.56 Å². The summed E-state index contributed by atoms with van der Waals surface area (Å²) in [6.45, 7) is 6.41. The van der Waals surface area contributed by atoms with Crippen molar-refractivity contribution < 1.29 is 9.15 Å². The minimum atomic E-state index is 0.0391. The van der Waals surface area contributed by atoms with Crippen LogP contribution in [0.25, 0.3) is 21.3 Å². The molecule has 0 fully saturated rings. The summed E-state index contributed by atoms with van der Waals surface area (Å²) in [6.07, 6.45) is 4.34. The van der Waals surface area contributed by atoms with E-state index in [4.69, 9.17) is 14.1 Å². The number of allylic oxidation sites excluding steroid dienone is 1. The molecule has 0 bridgehead atoms. The molecular weight excluding hydrogens is 430 g/mol. The third-order valence-corrected chi connectivity index (χ3v) is 7.58. The third kappa shape index (κ3) is 3.78. The summed E-state index contributed by atoms with van der Waals surface area (Å²) in [6, 6.07) is 5.56. The minimum absolute atomic E-state index is 0.0391. The molecule has 0 saturated carbocycles. The Labute approximate surface area is 188 Å². The topological polar surface area (TPSA) is 70.2 Å². The van der Waals surface area contributed by atoms with E-state index in [1.807, 2.05) is 25.1 Å². The number of hydrogen-bond donors (Lipinski definition) is 0. The van der Waals surface area contributed by atoms with Crippen molar-refractivity contribution >= 4 is 44.4 Å². The van der Waals surface area contributed by atoms with Crippen molar-refractivity contribution in [2.24, 2.45) is 0 Å². The second-order valence-electron chi connectivity index (χ2n) is 7.86. The highest BCUT2D eigenvalue weighted by Crippen LogP contribution is 2.35. The van der Waals surface area contributed by atoms with Crippen LogP contribution in [0, 0.1) is 0 Å². The van der Waals surface area contributed by atoms with E-state index < -0.39 is 0 Å². The average molecular weight is 454 g/mol. The van der Waals surface area contributed by atoms with Gasteiger partial charge in [-0.2, -0.15) is 0 Å². The SMILES string of the molecule is C=C(C)Cn1c(SCc2nc3cc(OC)ccc3o2)nc2sc3c(c2c1=O)CCCC3. The van der Waals surface area contributed by atoms with Crippen molar-refractivity contribution in [1.82, 2.24) is 14.5 Å². The van der Waals surface area contributed by atoms with E-state index in [0.717, 1.165) is 46.3 Å². The maximum Gasteiger partial charge on any atom is 0.263 e. The molecule has 0 aliphatic heterocycles. The zero-order valence-corrected chi connectivity index (χ0v) is 19.2. The second-order valence-corrected chi connectivity index (χ2v) is 9.89. The Balaban J connectivity index is 1.52.